The van der Waals surface area contributed by atoms with E-state index in [1.54, 1.807) is 0 Å². The van der Waals surface area contributed by atoms with Crippen molar-refractivity contribution in [1.82, 2.24) is 0 Å². The van der Waals surface area contributed by atoms with Crippen LogP contribution in [0.1, 0.15) is 65.7 Å². The molecular formula is C30H40O10S2. The first kappa shape index (κ1) is 28.5. The summed E-state index contributed by atoms with van der Waals surface area (Å²) in [6, 6.07) is 0. The van der Waals surface area contributed by atoms with Crippen LogP contribution in [0.15, 0.2) is 11.1 Å². The van der Waals surface area contributed by atoms with Crippen LogP contribution in [-0.4, -0.2) is 91.1 Å². The van der Waals surface area contributed by atoms with Gasteiger partial charge >= 0.3 is 12.1 Å². The van der Waals surface area contributed by atoms with Crippen molar-refractivity contribution in [2.75, 3.05) is 32.6 Å². The SMILES string of the molecule is CC(C)[C@]12O[C@H]1[C@@H]1O[C@@]13[C@@]1(C)CCC4=C(COC4=O)[C@@H]1C[C@@H]1O[C@@]13C2OC(=O)OCOCOCCCCC1CCSS1. The summed E-state index contributed by atoms with van der Waals surface area (Å²) in [5, 5.41) is 0.780. The molecule has 0 N–H and O–H groups in total. The number of esters is 1. The summed E-state index contributed by atoms with van der Waals surface area (Å²) in [6.07, 6.45) is 4.87. The van der Waals surface area contributed by atoms with Gasteiger partial charge in [0.2, 0.25) is 0 Å². The summed E-state index contributed by atoms with van der Waals surface area (Å²) < 4.78 is 47.7. The second-order valence-electron chi connectivity index (χ2n) is 13.6. The molecular weight excluding hydrogens is 584 g/mol. The molecule has 0 radical (unpaired) electrons. The molecule has 0 aromatic heterocycles. The van der Waals surface area contributed by atoms with Crippen LogP contribution in [0.25, 0.3) is 0 Å². The number of carbonyl (C=O) groups is 2. The number of carbonyl (C=O) groups excluding carboxylic acids is 2. The first-order valence-corrected chi connectivity index (χ1v) is 17.9. The number of hydrogen-bond donors (Lipinski definition) is 0. The number of cyclic esters (lactones) is 1. The van der Waals surface area contributed by atoms with Crippen molar-refractivity contribution in [2.45, 2.75) is 112 Å². The molecule has 2 unspecified atom stereocenters. The van der Waals surface area contributed by atoms with E-state index in [0.29, 0.717) is 19.6 Å². The first-order valence-electron chi connectivity index (χ1n) is 15.5. The third-order valence-electron chi connectivity index (χ3n) is 11.5. The summed E-state index contributed by atoms with van der Waals surface area (Å²) in [5.41, 5.74) is -0.512. The van der Waals surface area contributed by atoms with E-state index < -0.39 is 29.1 Å². The highest BCUT2D eigenvalue weighted by Crippen LogP contribution is 2.83. The van der Waals surface area contributed by atoms with Crippen LogP contribution in [0.4, 0.5) is 4.79 Å². The lowest BCUT2D eigenvalue weighted by molar-refractivity contribution is -0.143. The van der Waals surface area contributed by atoms with Gasteiger partial charge in [-0.3, -0.25) is 0 Å². The molecule has 42 heavy (non-hydrogen) atoms. The number of unbranched alkanes of at least 4 members (excludes halogenated alkanes) is 1. The van der Waals surface area contributed by atoms with Crippen LogP contribution in [0, 0.1) is 17.3 Å². The molecule has 0 aromatic carbocycles. The Hall–Kier alpha value is -1.02. The summed E-state index contributed by atoms with van der Waals surface area (Å²) >= 11 is 0. The minimum Gasteiger partial charge on any atom is -0.458 e. The summed E-state index contributed by atoms with van der Waals surface area (Å²) in [4.78, 5) is 25.4. The van der Waals surface area contributed by atoms with E-state index in [9.17, 15) is 9.59 Å². The summed E-state index contributed by atoms with van der Waals surface area (Å²) in [6.45, 7) is 7.20. The maximum Gasteiger partial charge on any atom is 0.510 e. The van der Waals surface area contributed by atoms with Gasteiger partial charge in [0.25, 0.3) is 0 Å². The van der Waals surface area contributed by atoms with Gasteiger partial charge in [0, 0.05) is 28.6 Å². The Morgan fingerprint density at radius 3 is 2.81 bits per heavy atom. The Labute approximate surface area is 253 Å². The van der Waals surface area contributed by atoms with Crippen LogP contribution >= 0.6 is 21.6 Å². The number of hydrogen-bond acceptors (Lipinski definition) is 12. The lowest BCUT2D eigenvalue weighted by Crippen LogP contribution is -2.70. The molecule has 10 nitrogen and oxygen atoms in total. The van der Waals surface area contributed by atoms with Crippen molar-refractivity contribution in [3.63, 3.8) is 0 Å². The normalized spacial score (nSPS) is 47.0. The zero-order chi connectivity index (χ0) is 28.9. The van der Waals surface area contributed by atoms with Gasteiger partial charge in [-0.15, -0.1) is 0 Å². The van der Waals surface area contributed by atoms with E-state index >= 15 is 0 Å². The van der Waals surface area contributed by atoms with Crippen molar-refractivity contribution < 1.29 is 47.5 Å². The Morgan fingerprint density at radius 2 is 2.00 bits per heavy atom. The molecule has 6 fully saturated rings. The number of epoxide rings is 3. The Kier molecular flexibility index (Phi) is 6.77. The number of ether oxygens (including phenoxy) is 8. The predicted molar refractivity (Wildman–Crippen MR) is 152 cm³/mol. The Balaban J connectivity index is 0.905. The molecule has 3 aliphatic carbocycles. The Bertz CT molecular complexity index is 1190. The minimum absolute atomic E-state index is 0.0589. The van der Waals surface area contributed by atoms with E-state index in [4.69, 9.17) is 37.9 Å². The van der Waals surface area contributed by atoms with Crippen LogP contribution in [0.2, 0.25) is 0 Å². The first-order chi connectivity index (χ1) is 20.3. The summed E-state index contributed by atoms with van der Waals surface area (Å²) in [7, 11) is 3.98. The van der Waals surface area contributed by atoms with Gasteiger partial charge < -0.3 is 37.9 Å². The lowest BCUT2D eigenvalue weighted by Gasteiger charge is -2.53. The van der Waals surface area contributed by atoms with Gasteiger partial charge in [-0.2, -0.15) is 0 Å². The predicted octanol–water partition coefficient (Wildman–Crippen LogP) is 4.54. The van der Waals surface area contributed by atoms with Crippen LogP contribution in [0.3, 0.4) is 0 Å². The Morgan fingerprint density at radius 1 is 1.12 bits per heavy atom. The van der Waals surface area contributed by atoms with Crippen molar-refractivity contribution in [3.05, 3.63) is 11.1 Å². The molecule has 8 rings (SSSR count). The molecule has 232 valence electrons. The van der Waals surface area contributed by atoms with Gasteiger partial charge in [-0.05, 0) is 55.9 Å². The fraction of sp³-hybridized carbons (Fsp3) is 0.867. The van der Waals surface area contributed by atoms with Crippen LogP contribution in [0.5, 0.6) is 0 Å². The average Bonchev–Trinajstić information content (AvgIpc) is 3.90. The highest BCUT2D eigenvalue weighted by atomic mass is 33.1. The highest BCUT2D eigenvalue weighted by Gasteiger charge is 3.01. The van der Waals surface area contributed by atoms with E-state index in [-0.39, 0.29) is 55.1 Å². The quantitative estimate of drug-likeness (QED) is 0.106. The monoisotopic (exact) mass is 624 g/mol. The third kappa shape index (κ3) is 3.78. The molecule has 4 saturated heterocycles. The topological polar surface area (TPSA) is 118 Å². The molecule has 2 saturated carbocycles. The van der Waals surface area contributed by atoms with Gasteiger partial charge in [-0.1, -0.05) is 48.8 Å². The fourth-order valence-corrected chi connectivity index (χ4v) is 12.4. The van der Waals surface area contributed by atoms with Crippen molar-refractivity contribution in [1.29, 1.82) is 0 Å². The molecule has 8 aliphatic rings. The molecule has 0 amide bonds. The second kappa shape index (κ2) is 9.99. The largest absolute Gasteiger partial charge is 0.510 e. The smallest absolute Gasteiger partial charge is 0.458 e. The van der Waals surface area contributed by atoms with Gasteiger partial charge in [0.05, 0.1) is 6.10 Å². The average molecular weight is 625 g/mol. The molecule has 5 heterocycles. The van der Waals surface area contributed by atoms with E-state index in [2.05, 4.69) is 20.8 Å². The molecule has 5 aliphatic heterocycles. The minimum atomic E-state index is -0.810. The maximum atomic E-state index is 13.1. The molecule has 0 bridgehead atoms. The van der Waals surface area contributed by atoms with Crippen molar-refractivity contribution in [3.8, 4) is 0 Å². The van der Waals surface area contributed by atoms with Crippen molar-refractivity contribution >= 4 is 33.7 Å². The van der Waals surface area contributed by atoms with E-state index in [1.165, 1.54) is 18.6 Å². The highest BCUT2D eigenvalue weighted by molar-refractivity contribution is 8.77. The number of fused-ring (bicyclic) bond motifs is 4. The van der Waals surface area contributed by atoms with Crippen LogP contribution < -0.4 is 0 Å². The molecule has 10 atom stereocenters. The van der Waals surface area contributed by atoms with Crippen LogP contribution in [-0.2, 0) is 42.7 Å². The standard InChI is InChI=1S/C30H40O10S2/c1-16(2)28-22(39-28)23-30(40-23)27(3)9-7-18-19(13-35-24(18)31)20(27)12-21-29(30,38-21)25(28)37-26(32)36-15-34-14-33-10-5-4-6-17-8-11-41-42-17/h16-17,20-23,25H,4-15H2,1-3H3/t17?,20-,21-,22-,23-,25?,27-,28-,29+,30+/m0/s1. The second-order valence-corrected chi connectivity index (χ2v) is 16.4. The summed E-state index contributed by atoms with van der Waals surface area (Å²) in [5.74, 6) is 1.26. The molecule has 12 heteroatoms. The van der Waals surface area contributed by atoms with E-state index in [1.807, 2.05) is 21.6 Å². The van der Waals surface area contributed by atoms with Gasteiger partial charge in [-0.25, -0.2) is 9.59 Å². The van der Waals surface area contributed by atoms with E-state index in [0.717, 1.165) is 42.1 Å². The molecule has 2 spiro atoms. The zero-order valence-electron chi connectivity index (χ0n) is 24.4. The zero-order valence-corrected chi connectivity index (χ0v) is 26.1. The third-order valence-corrected chi connectivity index (χ3v) is 14.5. The lowest BCUT2D eigenvalue weighted by atomic mass is 9.46. The molecule has 0 aromatic rings. The van der Waals surface area contributed by atoms with Crippen molar-refractivity contribution in [2.24, 2.45) is 17.3 Å². The fourth-order valence-electron chi connectivity index (χ4n) is 9.35. The van der Waals surface area contributed by atoms with Gasteiger partial charge in [0.1, 0.15) is 30.0 Å². The maximum absolute atomic E-state index is 13.1. The number of rotatable bonds is 11. The van der Waals surface area contributed by atoms with Gasteiger partial charge in [0.15, 0.2) is 25.3 Å².